The molecule has 0 saturated carbocycles. The number of rotatable bonds is 2. The molecule has 0 aliphatic carbocycles. The summed E-state index contributed by atoms with van der Waals surface area (Å²) in [5, 5.41) is 10.2. The van der Waals surface area contributed by atoms with Crippen molar-refractivity contribution in [2.45, 2.75) is 0 Å². The number of carbonyl (C=O) groups excluding carboxylic acids is 1. The van der Waals surface area contributed by atoms with E-state index < -0.39 is 11.7 Å². The number of H-pyrrole nitrogens is 2. The molecule has 1 aromatic carbocycles. The van der Waals surface area contributed by atoms with Gasteiger partial charge in [0, 0.05) is 0 Å². The van der Waals surface area contributed by atoms with E-state index in [1.807, 2.05) is 0 Å². The number of aromatic nitrogens is 4. The third-order valence-electron chi connectivity index (χ3n) is 2.41. The Balaban J connectivity index is 2.08. The number of aromatic amines is 2. The van der Waals surface area contributed by atoms with Gasteiger partial charge in [-0.1, -0.05) is 11.3 Å². The normalized spacial score (nSPS) is 10.8. The number of anilines is 1. The van der Waals surface area contributed by atoms with Crippen molar-refractivity contribution >= 4 is 45.6 Å². The average Bonchev–Trinajstić information content (AvgIpc) is 2.96. The van der Waals surface area contributed by atoms with Gasteiger partial charge in [-0.3, -0.25) is 10.1 Å². The Morgan fingerprint density at radius 2 is 2.26 bits per heavy atom. The highest BCUT2D eigenvalue weighted by atomic mass is 32.1. The zero-order chi connectivity index (χ0) is 13.4. The van der Waals surface area contributed by atoms with E-state index in [0.29, 0.717) is 20.9 Å². The lowest BCUT2D eigenvalue weighted by Crippen LogP contribution is -2.12. The highest BCUT2D eigenvalue weighted by molar-refractivity contribution is 7.71. The summed E-state index contributed by atoms with van der Waals surface area (Å²) in [4.78, 5) is 17.7. The molecule has 0 spiro atoms. The van der Waals surface area contributed by atoms with Crippen molar-refractivity contribution in [1.29, 1.82) is 0 Å². The number of fused-ring (bicyclic) bond motifs is 1. The van der Waals surface area contributed by atoms with Crippen molar-refractivity contribution in [2.24, 2.45) is 0 Å². The van der Waals surface area contributed by atoms with Crippen molar-refractivity contribution in [3.05, 3.63) is 33.8 Å². The summed E-state index contributed by atoms with van der Waals surface area (Å²) in [6, 6.07) is 2.40. The molecule has 0 aliphatic rings. The molecule has 0 fully saturated rings. The van der Waals surface area contributed by atoms with Crippen molar-refractivity contribution in [3.63, 3.8) is 0 Å². The number of hydrogen-bond donors (Lipinski definition) is 3. The second-order valence-corrected chi connectivity index (χ2v) is 4.89. The number of nitrogens with zero attached hydrogens (tertiary/aromatic N) is 2. The maximum Gasteiger partial charge on any atom is 0.259 e. The van der Waals surface area contributed by atoms with Crippen molar-refractivity contribution in [2.75, 3.05) is 5.32 Å². The van der Waals surface area contributed by atoms with Crippen LogP contribution in [0.4, 0.5) is 9.52 Å². The van der Waals surface area contributed by atoms with E-state index in [0.717, 1.165) is 6.07 Å². The van der Waals surface area contributed by atoms with Crippen LogP contribution in [0.25, 0.3) is 11.0 Å². The average molecular weight is 295 g/mol. The summed E-state index contributed by atoms with van der Waals surface area (Å²) < 4.78 is 13.8. The number of carbonyl (C=O) groups is 1. The Hall–Kier alpha value is -2.13. The lowest BCUT2D eigenvalue weighted by Gasteiger charge is -2.03. The molecule has 1 amide bonds. The van der Waals surface area contributed by atoms with Crippen molar-refractivity contribution in [1.82, 2.24) is 20.2 Å². The molecule has 2 aromatic heterocycles. The molecular formula is C10H6FN5OS2. The zero-order valence-electron chi connectivity index (χ0n) is 9.23. The van der Waals surface area contributed by atoms with Gasteiger partial charge in [0.05, 0.1) is 16.6 Å². The van der Waals surface area contributed by atoms with Gasteiger partial charge in [-0.05, 0) is 24.4 Å². The molecule has 0 atom stereocenters. The summed E-state index contributed by atoms with van der Waals surface area (Å²) in [6.45, 7) is 0. The van der Waals surface area contributed by atoms with Crippen LogP contribution in [0.15, 0.2) is 17.6 Å². The zero-order valence-corrected chi connectivity index (χ0v) is 10.9. The fourth-order valence-electron chi connectivity index (χ4n) is 1.68. The number of amides is 1. The number of halogens is 1. The maximum absolute atomic E-state index is 13.5. The van der Waals surface area contributed by atoms with E-state index in [2.05, 4.69) is 25.5 Å². The van der Waals surface area contributed by atoms with Crippen LogP contribution in [0.5, 0.6) is 0 Å². The first-order valence-electron chi connectivity index (χ1n) is 5.12. The molecule has 9 heteroatoms. The standard InChI is InChI=1S/C10H6FN5OS2/c11-4-1-5(7-6(2-4)13-9(18)14-7)8(17)15-10-16-12-3-19-10/h1-3H,(H2,13,14,18)(H,15,16,17). The number of hydrogen-bond acceptors (Lipinski definition) is 5. The van der Waals surface area contributed by atoms with E-state index >= 15 is 0 Å². The molecule has 0 saturated heterocycles. The first-order valence-corrected chi connectivity index (χ1v) is 6.41. The highest BCUT2D eigenvalue weighted by Crippen LogP contribution is 2.19. The quantitative estimate of drug-likeness (QED) is 0.634. The minimum absolute atomic E-state index is 0.151. The summed E-state index contributed by atoms with van der Waals surface area (Å²) >= 11 is 6.11. The van der Waals surface area contributed by atoms with Crippen LogP contribution < -0.4 is 5.32 Å². The van der Waals surface area contributed by atoms with E-state index in [1.165, 1.54) is 22.9 Å². The molecule has 2 heterocycles. The molecule has 0 aliphatic heterocycles. The summed E-state index contributed by atoms with van der Waals surface area (Å²) in [5.41, 5.74) is 2.53. The van der Waals surface area contributed by atoms with Crippen LogP contribution in [-0.2, 0) is 0 Å². The SMILES string of the molecule is O=C(Nc1nncs1)c1cc(F)cc2[nH]c(=S)[nH]c12. The van der Waals surface area contributed by atoms with Gasteiger partial charge >= 0.3 is 0 Å². The smallest absolute Gasteiger partial charge is 0.259 e. The molecule has 3 rings (SSSR count). The number of nitrogens with one attached hydrogen (secondary N) is 3. The molecule has 6 nitrogen and oxygen atoms in total. The third kappa shape index (κ3) is 2.25. The predicted octanol–water partition coefficient (Wildman–Crippen LogP) is 2.47. The van der Waals surface area contributed by atoms with Crippen molar-refractivity contribution < 1.29 is 9.18 Å². The third-order valence-corrected chi connectivity index (χ3v) is 3.23. The molecule has 96 valence electrons. The number of benzene rings is 1. The van der Waals surface area contributed by atoms with Crippen LogP contribution >= 0.6 is 23.6 Å². The molecule has 0 unspecified atom stereocenters. The molecule has 3 N–H and O–H groups in total. The van der Waals surface area contributed by atoms with Crippen LogP contribution in [0.3, 0.4) is 0 Å². The Morgan fingerprint density at radius 3 is 3.00 bits per heavy atom. The number of imidazole rings is 1. The van der Waals surface area contributed by atoms with Crippen LogP contribution in [-0.4, -0.2) is 26.1 Å². The molecule has 0 radical (unpaired) electrons. The minimum atomic E-state index is -0.528. The Bertz CT molecular complexity index is 807. The Labute approximate surface area is 114 Å². The summed E-state index contributed by atoms with van der Waals surface area (Å²) in [5.74, 6) is -1.01. The van der Waals surface area contributed by atoms with Crippen LogP contribution in [0.2, 0.25) is 0 Å². The summed E-state index contributed by atoms with van der Waals surface area (Å²) in [6.07, 6.45) is 0. The fourth-order valence-corrected chi connectivity index (χ4v) is 2.33. The van der Waals surface area contributed by atoms with E-state index in [4.69, 9.17) is 12.2 Å². The second kappa shape index (κ2) is 4.52. The van der Waals surface area contributed by atoms with Gasteiger partial charge in [0.2, 0.25) is 5.13 Å². The van der Waals surface area contributed by atoms with E-state index in [-0.39, 0.29) is 5.56 Å². The monoisotopic (exact) mass is 295 g/mol. The van der Waals surface area contributed by atoms with Gasteiger partial charge in [-0.15, -0.1) is 10.2 Å². The van der Waals surface area contributed by atoms with E-state index in [1.54, 1.807) is 0 Å². The lowest BCUT2D eigenvalue weighted by molar-refractivity contribution is 0.102. The van der Waals surface area contributed by atoms with E-state index in [9.17, 15) is 9.18 Å². The predicted molar refractivity (Wildman–Crippen MR) is 71.3 cm³/mol. The molecule has 19 heavy (non-hydrogen) atoms. The largest absolute Gasteiger partial charge is 0.331 e. The van der Waals surface area contributed by atoms with Gasteiger partial charge in [-0.25, -0.2) is 4.39 Å². The van der Waals surface area contributed by atoms with Crippen molar-refractivity contribution in [3.8, 4) is 0 Å². The van der Waals surface area contributed by atoms with Gasteiger partial charge in [-0.2, -0.15) is 0 Å². The lowest BCUT2D eigenvalue weighted by atomic mass is 10.1. The fraction of sp³-hybridized carbons (Fsp3) is 0. The van der Waals surface area contributed by atoms with Gasteiger partial charge < -0.3 is 9.97 Å². The second-order valence-electron chi connectivity index (χ2n) is 3.65. The Kier molecular flexibility index (Phi) is 2.84. The topological polar surface area (TPSA) is 86.5 Å². The molecule has 0 bridgehead atoms. The van der Waals surface area contributed by atoms with Crippen LogP contribution in [0.1, 0.15) is 10.4 Å². The van der Waals surface area contributed by atoms with Crippen LogP contribution in [0, 0.1) is 10.6 Å². The Morgan fingerprint density at radius 1 is 1.42 bits per heavy atom. The minimum Gasteiger partial charge on any atom is -0.331 e. The first-order chi connectivity index (χ1) is 9.13. The van der Waals surface area contributed by atoms with Gasteiger partial charge in [0.15, 0.2) is 4.77 Å². The first kappa shape index (κ1) is 11.9. The summed E-state index contributed by atoms with van der Waals surface area (Å²) in [7, 11) is 0. The molecule has 3 aromatic rings. The highest BCUT2D eigenvalue weighted by Gasteiger charge is 2.15. The van der Waals surface area contributed by atoms with Gasteiger partial charge in [0.1, 0.15) is 11.3 Å². The maximum atomic E-state index is 13.5. The molecular weight excluding hydrogens is 289 g/mol. The van der Waals surface area contributed by atoms with Gasteiger partial charge in [0.25, 0.3) is 5.91 Å².